The Balaban J connectivity index is 2.41. The SMILES string of the molecule is CCCCCC(Cc1ccc(CC)s1)NCC. The Morgan fingerprint density at radius 2 is 1.88 bits per heavy atom. The molecule has 0 bridgehead atoms. The summed E-state index contributed by atoms with van der Waals surface area (Å²) in [4.78, 5) is 3.06. The highest BCUT2D eigenvalue weighted by Gasteiger charge is 2.09. The predicted octanol–water partition coefficient (Wildman–Crippen LogP) is 4.41. The summed E-state index contributed by atoms with van der Waals surface area (Å²) in [6.45, 7) is 7.80. The summed E-state index contributed by atoms with van der Waals surface area (Å²) in [5.74, 6) is 0. The van der Waals surface area contributed by atoms with Gasteiger partial charge in [-0.15, -0.1) is 11.3 Å². The molecule has 0 spiro atoms. The Kier molecular flexibility index (Phi) is 7.54. The third-order valence-electron chi connectivity index (χ3n) is 3.16. The summed E-state index contributed by atoms with van der Waals surface area (Å²) in [5.41, 5.74) is 0. The average Bonchev–Trinajstić information content (AvgIpc) is 2.77. The van der Waals surface area contributed by atoms with Gasteiger partial charge in [0.25, 0.3) is 0 Å². The highest BCUT2D eigenvalue weighted by atomic mass is 32.1. The molecule has 0 fully saturated rings. The molecular weight excluding hydrogens is 226 g/mol. The standard InChI is InChI=1S/C15H27NS/c1-4-7-8-9-13(16-6-3)12-15-11-10-14(5-2)17-15/h10-11,13,16H,4-9,12H2,1-3H3. The minimum absolute atomic E-state index is 0.676. The van der Waals surface area contributed by atoms with E-state index < -0.39 is 0 Å². The van der Waals surface area contributed by atoms with Crippen molar-refractivity contribution >= 4 is 11.3 Å². The Labute approximate surface area is 111 Å². The zero-order valence-electron chi connectivity index (χ0n) is 11.6. The van der Waals surface area contributed by atoms with E-state index >= 15 is 0 Å². The van der Waals surface area contributed by atoms with Crippen molar-refractivity contribution in [3.63, 3.8) is 0 Å². The largest absolute Gasteiger partial charge is 0.314 e. The van der Waals surface area contributed by atoms with Gasteiger partial charge in [-0.05, 0) is 37.9 Å². The smallest absolute Gasteiger partial charge is 0.0115 e. The summed E-state index contributed by atoms with van der Waals surface area (Å²) in [6.07, 6.45) is 7.75. The number of thiophene rings is 1. The maximum atomic E-state index is 3.62. The monoisotopic (exact) mass is 253 g/mol. The molecular formula is C15H27NS. The maximum Gasteiger partial charge on any atom is 0.0115 e. The van der Waals surface area contributed by atoms with Crippen LogP contribution in [0.3, 0.4) is 0 Å². The molecule has 1 unspecified atom stereocenters. The van der Waals surface area contributed by atoms with E-state index in [1.165, 1.54) is 43.4 Å². The Hall–Kier alpha value is -0.340. The molecule has 1 aromatic rings. The molecule has 1 nitrogen and oxygen atoms in total. The molecule has 17 heavy (non-hydrogen) atoms. The number of hydrogen-bond acceptors (Lipinski definition) is 2. The quantitative estimate of drug-likeness (QED) is 0.643. The molecule has 0 amide bonds. The fraction of sp³-hybridized carbons (Fsp3) is 0.733. The first-order chi connectivity index (χ1) is 8.30. The summed E-state index contributed by atoms with van der Waals surface area (Å²) in [7, 11) is 0. The van der Waals surface area contributed by atoms with Crippen LogP contribution >= 0.6 is 11.3 Å². The molecule has 0 aliphatic carbocycles. The van der Waals surface area contributed by atoms with Crippen LogP contribution in [0.1, 0.15) is 56.2 Å². The molecule has 1 rings (SSSR count). The molecule has 0 saturated carbocycles. The van der Waals surface area contributed by atoms with E-state index in [4.69, 9.17) is 0 Å². The second-order valence-electron chi connectivity index (χ2n) is 4.68. The zero-order valence-corrected chi connectivity index (χ0v) is 12.4. The number of rotatable bonds is 9. The normalized spacial score (nSPS) is 12.9. The van der Waals surface area contributed by atoms with Crippen LogP contribution in [0.25, 0.3) is 0 Å². The molecule has 0 saturated heterocycles. The Morgan fingerprint density at radius 1 is 1.12 bits per heavy atom. The van der Waals surface area contributed by atoms with Crippen LogP contribution in [0.2, 0.25) is 0 Å². The van der Waals surface area contributed by atoms with E-state index in [0.717, 1.165) is 6.54 Å². The van der Waals surface area contributed by atoms with Gasteiger partial charge >= 0.3 is 0 Å². The fourth-order valence-corrected chi connectivity index (χ4v) is 3.21. The average molecular weight is 253 g/mol. The molecule has 1 aromatic heterocycles. The van der Waals surface area contributed by atoms with Gasteiger partial charge in [0, 0.05) is 15.8 Å². The van der Waals surface area contributed by atoms with Gasteiger partial charge in [-0.25, -0.2) is 0 Å². The molecule has 0 radical (unpaired) electrons. The molecule has 0 aliphatic heterocycles. The van der Waals surface area contributed by atoms with Crippen molar-refractivity contribution in [3.05, 3.63) is 21.9 Å². The van der Waals surface area contributed by atoms with E-state index in [1.807, 2.05) is 11.3 Å². The van der Waals surface area contributed by atoms with Gasteiger partial charge in [-0.3, -0.25) is 0 Å². The summed E-state index contributed by atoms with van der Waals surface area (Å²) >= 11 is 1.99. The van der Waals surface area contributed by atoms with Gasteiger partial charge < -0.3 is 5.32 Å². The second-order valence-corrected chi connectivity index (χ2v) is 5.93. The second kappa shape index (κ2) is 8.71. The third kappa shape index (κ3) is 5.69. The minimum Gasteiger partial charge on any atom is -0.314 e. The van der Waals surface area contributed by atoms with Crippen LogP contribution in [0.5, 0.6) is 0 Å². The topological polar surface area (TPSA) is 12.0 Å². The van der Waals surface area contributed by atoms with Crippen LogP contribution in [0, 0.1) is 0 Å². The highest BCUT2D eigenvalue weighted by molar-refractivity contribution is 7.11. The Morgan fingerprint density at radius 3 is 2.47 bits per heavy atom. The van der Waals surface area contributed by atoms with Crippen LogP contribution in [0.4, 0.5) is 0 Å². The maximum absolute atomic E-state index is 3.62. The number of unbranched alkanes of at least 4 members (excludes halogenated alkanes) is 2. The van der Waals surface area contributed by atoms with Gasteiger partial charge in [0.15, 0.2) is 0 Å². The van der Waals surface area contributed by atoms with Gasteiger partial charge in [-0.2, -0.15) is 0 Å². The van der Waals surface area contributed by atoms with Gasteiger partial charge in [0.2, 0.25) is 0 Å². The van der Waals surface area contributed by atoms with E-state index in [1.54, 1.807) is 4.88 Å². The first-order valence-electron chi connectivity index (χ1n) is 7.11. The van der Waals surface area contributed by atoms with Crippen LogP contribution in [-0.4, -0.2) is 12.6 Å². The van der Waals surface area contributed by atoms with Crippen molar-refractivity contribution in [2.45, 2.75) is 65.3 Å². The molecule has 98 valence electrons. The lowest BCUT2D eigenvalue weighted by atomic mass is 10.0. The lowest BCUT2D eigenvalue weighted by Crippen LogP contribution is -2.30. The number of nitrogens with one attached hydrogen (secondary N) is 1. The van der Waals surface area contributed by atoms with E-state index in [2.05, 4.69) is 38.2 Å². The lowest BCUT2D eigenvalue weighted by Gasteiger charge is -2.16. The van der Waals surface area contributed by atoms with Crippen molar-refractivity contribution in [2.75, 3.05) is 6.54 Å². The van der Waals surface area contributed by atoms with Gasteiger partial charge in [0.05, 0.1) is 0 Å². The van der Waals surface area contributed by atoms with Crippen molar-refractivity contribution < 1.29 is 0 Å². The molecule has 2 heteroatoms. The minimum atomic E-state index is 0.676. The van der Waals surface area contributed by atoms with Crippen molar-refractivity contribution in [1.29, 1.82) is 0 Å². The third-order valence-corrected chi connectivity index (χ3v) is 4.41. The van der Waals surface area contributed by atoms with E-state index in [9.17, 15) is 0 Å². The molecule has 0 aliphatic rings. The van der Waals surface area contributed by atoms with E-state index in [-0.39, 0.29) is 0 Å². The summed E-state index contributed by atoms with van der Waals surface area (Å²) < 4.78 is 0. The highest BCUT2D eigenvalue weighted by Crippen LogP contribution is 2.20. The number of aryl methyl sites for hydroxylation is 1. The summed E-state index contributed by atoms with van der Waals surface area (Å²) in [6, 6.07) is 5.28. The van der Waals surface area contributed by atoms with Crippen molar-refractivity contribution in [3.8, 4) is 0 Å². The lowest BCUT2D eigenvalue weighted by molar-refractivity contribution is 0.469. The van der Waals surface area contributed by atoms with Crippen molar-refractivity contribution in [1.82, 2.24) is 5.32 Å². The molecule has 1 atom stereocenters. The summed E-state index contributed by atoms with van der Waals surface area (Å²) in [5, 5.41) is 3.62. The van der Waals surface area contributed by atoms with Gasteiger partial charge in [-0.1, -0.05) is 40.0 Å². The first-order valence-corrected chi connectivity index (χ1v) is 7.92. The molecule has 0 aromatic carbocycles. The molecule has 1 heterocycles. The number of likely N-dealkylation sites (N-methyl/N-ethyl adjacent to an activating group) is 1. The number of hydrogen-bond donors (Lipinski definition) is 1. The van der Waals surface area contributed by atoms with E-state index in [0.29, 0.717) is 6.04 Å². The first kappa shape index (κ1) is 14.7. The van der Waals surface area contributed by atoms with Crippen LogP contribution in [-0.2, 0) is 12.8 Å². The fourth-order valence-electron chi connectivity index (χ4n) is 2.17. The zero-order chi connectivity index (χ0) is 12.5. The predicted molar refractivity (Wildman–Crippen MR) is 79.0 cm³/mol. The van der Waals surface area contributed by atoms with Crippen LogP contribution < -0.4 is 5.32 Å². The van der Waals surface area contributed by atoms with Gasteiger partial charge in [0.1, 0.15) is 0 Å². The molecule has 1 N–H and O–H groups in total. The Bertz CT molecular complexity index is 293. The van der Waals surface area contributed by atoms with Crippen LogP contribution in [0.15, 0.2) is 12.1 Å². The van der Waals surface area contributed by atoms with Crippen molar-refractivity contribution in [2.24, 2.45) is 0 Å².